The molecular weight excluding hydrogens is 574 g/mol. The van der Waals surface area contributed by atoms with Gasteiger partial charge in [0.15, 0.2) is 0 Å². The molecule has 0 radical (unpaired) electrons. The minimum Gasteiger partial charge on any atom is -0.368 e. The summed E-state index contributed by atoms with van der Waals surface area (Å²) in [6, 6.07) is 0. The molecule has 0 spiro atoms. The van der Waals surface area contributed by atoms with Gasteiger partial charge in [-0.2, -0.15) is 23.5 Å². The average molecular weight is 632 g/mol. The number of carbonyl (C=O) groups excluding carboxylic acids is 4. The molecule has 4 amide bonds. The van der Waals surface area contributed by atoms with Gasteiger partial charge in [0.1, 0.15) is 6.61 Å². The third kappa shape index (κ3) is 18.9. The van der Waals surface area contributed by atoms with Gasteiger partial charge in [0, 0.05) is 94.6 Å². The molecule has 1 unspecified atom stereocenters. The standard InChI is InChI=1S/C30H57N5O5S2/c1-24(2)29(38)32-15-13-31-14-16-33-30(39)25(3)11-12-27(36)34(4)17-19-41-21-22-42-20-18-35(5)28(37)23-40-26-9-7-6-8-10-26/h24-26,31H,6-23H2,1-5H3,(H,32,38)(H,33,39). The van der Waals surface area contributed by atoms with E-state index in [1.165, 1.54) is 19.3 Å². The first-order chi connectivity index (χ1) is 20.1. The lowest BCUT2D eigenvalue weighted by atomic mass is 9.98. The van der Waals surface area contributed by atoms with Crippen molar-refractivity contribution in [1.82, 2.24) is 25.8 Å². The van der Waals surface area contributed by atoms with Crippen molar-refractivity contribution in [3.05, 3.63) is 0 Å². The van der Waals surface area contributed by atoms with Gasteiger partial charge in [-0.25, -0.2) is 0 Å². The van der Waals surface area contributed by atoms with E-state index in [0.717, 1.165) is 42.4 Å². The van der Waals surface area contributed by atoms with Crippen LogP contribution in [0.25, 0.3) is 0 Å². The van der Waals surface area contributed by atoms with Crippen molar-refractivity contribution in [2.45, 2.75) is 71.8 Å². The Labute approximate surface area is 262 Å². The Kier molecular flexibility index (Phi) is 21.9. The van der Waals surface area contributed by atoms with Crippen LogP contribution in [0.3, 0.4) is 0 Å². The summed E-state index contributed by atoms with van der Waals surface area (Å²) in [7, 11) is 3.67. The molecule has 0 aromatic rings. The first-order valence-corrected chi connectivity index (χ1v) is 17.9. The molecule has 0 bridgehead atoms. The second-order valence-electron chi connectivity index (χ2n) is 11.4. The van der Waals surface area contributed by atoms with Crippen LogP contribution in [0.15, 0.2) is 0 Å². The SMILES string of the molecule is CC(C)C(=O)NCCNCCNC(=O)C(C)CCC(=O)N(C)CCSCCSCCN(C)C(=O)COC1CCCCC1. The third-order valence-corrected chi connectivity index (χ3v) is 9.51. The quantitative estimate of drug-likeness (QED) is 0.147. The molecule has 12 heteroatoms. The predicted octanol–water partition coefficient (Wildman–Crippen LogP) is 2.61. The molecule has 0 aromatic heterocycles. The number of likely N-dealkylation sites (N-methyl/N-ethyl adjacent to an activating group) is 1. The zero-order valence-electron chi connectivity index (χ0n) is 26.7. The van der Waals surface area contributed by atoms with E-state index < -0.39 is 0 Å². The van der Waals surface area contributed by atoms with Crippen LogP contribution in [-0.4, -0.2) is 123 Å². The molecule has 1 aliphatic carbocycles. The van der Waals surface area contributed by atoms with Gasteiger partial charge in [-0.05, 0) is 19.3 Å². The molecule has 0 saturated heterocycles. The molecule has 244 valence electrons. The number of amides is 4. The van der Waals surface area contributed by atoms with Crippen LogP contribution in [-0.2, 0) is 23.9 Å². The van der Waals surface area contributed by atoms with E-state index in [9.17, 15) is 19.2 Å². The van der Waals surface area contributed by atoms with E-state index in [1.54, 1.807) is 9.80 Å². The molecule has 0 aromatic carbocycles. The molecule has 1 aliphatic rings. The Morgan fingerprint density at radius 3 is 1.88 bits per heavy atom. The molecule has 0 aliphatic heterocycles. The summed E-state index contributed by atoms with van der Waals surface area (Å²) in [5.41, 5.74) is 0. The molecule has 0 heterocycles. The monoisotopic (exact) mass is 631 g/mol. The Balaban J connectivity index is 1.98. The number of thioether (sulfide) groups is 2. The van der Waals surface area contributed by atoms with Crippen LogP contribution < -0.4 is 16.0 Å². The number of nitrogens with zero attached hydrogens (tertiary/aromatic N) is 2. The minimum absolute atomic E-state index is 0.0226. The maximum absolute atomic E-state index is 12.5. The van der Waals surface area contributed by atoms with E-state index in [1.807, 2.05) is 58.4 Å². The lowest BCUT2D eigenvalue weighted by molar-refractivity contribution is -0.137. The highest BCUT2D eigenvalue weighted by Gasteiger charge is 2.18. The van der Waals surface area contributed by atoms with Crippen LogP contribution in [0.1, 0.15) is 65.7 Å². The van der Waals surface area contributed by atoms with E-state index in [4.69, 9.17) is 4.74 Å². The fourth-order valence-corrected chi connectivity index (χ4v) is 6.38. The summed E-state index contributed by atoms with van der Waals surface area (Å²) in [5.74, 6) is 3.68. The first kappa shape index (κ1) is 38.5. The maximum Gasteiger partial charge on any atom is 0.248 e. The summed E-state index contributed by atoms with van der Waals surface area (Å²) in [5, 5.41) is 8.93. The van der Waals surface area contributed by atoms with Gasteiger partial charge < -0.3 is 30.5 Å². The van der Waals surface area contributed by atoms with Gasteiger partial charge in [-0.15, -0.1) is 0 Å². The fourth-order valence-electron chi connectivity index (χ4n) is 4.22. The van der Waals surface area contributed by atoms with Gasteiger partial charge in [0.25, 0.3) is 0 Å². The van der Waals surface area contributed by atoms with Crippen molar-refractivity contribution >= 4 is 47.2 Å². The van der Waals surface area contributed by atoms with Crippen LogP contribution >= 0.6 is 23.5 Å². The number of nitrogens with one attached hydrogen (secondary N) is 3. The Hall–Kier alpha value is -1.50. The Bertz CT molecular complexity index is 783. The zero-order valence-corrected chi connectivity index (χ0v) is 28.3. The summed E-state index contributed by atoms with van der Waals surface area (Å²) in [6.45, 7) is 9.53. The number of carbonyl (C=O) groups is 4. The van der Waals surface area contributed by atoms with Crippen molar-refractivity contribution in [1.29, 1.82) is 0 Å². The smallest absolute Gasteiger partial charge is 0.248 e. The van der Waals surface area contributed by atoms with Gasteiger partial charge in [-0.3, -0.25) is 19.2 Å². The van der Waals surface area contributed by atoms with E-state index in [-0.39, 0.29) is 48.2 Å². The van der Waals surface area contributed by atoms with Crippen molar-refractivity contribution in [3.63, 3.8) is 0 Å². The summed E-state index contributed by atoms with van der Waals surface area (Å²) in [4.78, 5) is 52.1. The lowest BCUT2D eigenvalue weighted by Gasteiger charge is -2.23. The average Bonchev–Trinajstić information content (AvgIpc) is 2.98. The molecule has 1 fully saturated rings. The number of ether oxygens (including phenoxy) is 1. The predicted molar refractivity (Wildman–Crippen MR) is 175 cm³/mol. The number of hydrogen-bond acceptors (Lipinski definition) is 8. The second kappa shape index (κ2) is 23.9. The molecule has 1 atom stereocenters. The normalized spacial score (nSPS) is 14.4. The highest BCUT2D eigenvalue weighted by atomic mass is 32.2. The Morgan fingerprint density at radius 1 is 0.762 bits per heavy atom. The Morgan fingerprint density at radius 2 is 1.31 bits per heavy atom. The van der Waals surface area contributed by atoms with Crippen LogP contribution in [0.2, 0.25) is 0 Å². The highest BCUT2D eigenvalue weighted by molar-refractivity contribution is 8.02. The molecule has 10 nitrogen and oxygen atoms in total. The van der Waals surface area contributed by atoms with Crippen LogP contribution in [0, 0.1) is 11.8 Å². The van der Waals surface area contributed by atoms with Crippen molar-refractivity contribution in [3.8, 4) is 0 Å². The summed E-state index contributed by atoms with van der Waals surface area (Å²) < 4.78 is 5.79. The van der Waals surface area contributed by atoms with E-state index >= 15 is 0 Å². The third-order valence-electron chi connectivity index (χ3n) is 7.33. The second-order valence-corrected chi connectivity index (χ2v) is 13.8. The highest BCUT2D eigenvalue weighted by Crippen LogP contribution is 2.20. The van der Waals surface area contributed by atoms with Crippen molar-refractivity contribution in [2.24, 2.45) is 11.8 Å². The van der Waals surface area contributed by atoms with Crippen LogP contribution in [0.4, 0.5) is 0 Å². The molecular formula is C30H57N5O5S2. The molecule has 42 heavy (non-hydrogen) atoms. The van der Waals surface area contributed by atoms with Crippen molar-refractivity contribution in [2.75, 3.05) is 83.0 Å². The van der Waals surface area contributed by atoms with Gasteiger partial charge >= 0.3 is 0 Å². The van der Waals surface area contributed by atoms with E-state index in [2.05, 4.69) is 16.0 Å². The lowest BCUT2D eigenvalue weighted by Crippen LogP contribution is -2.38. The number of rotatable bonds is 23. The summed E-state index contributed by atoms with van der Waals surface area (Å²) >= 11 is 3.67. The zero-order chi connectivity index (χ0) is 31.2. The topological polar surface area (TPSA) is 120 Å². The minimum atomic E-state index is -0.224. The molecule has 3 N–H and O–H groups in total. The fraction of sp³-hybridized carbons (Fsp3) is 0.867. The van der Waals surface area contributed by atoms with Crippen molar-refractivity contribution < 1.29 is 23.9 Å². The summed E-state index contributed by atoms with van der Waals surface area (Å²) in [6.07, 6.45) is 7.00. The maximum atomic E-state index is 12.5. The largest absolute Gasteiger partial charge is 0.368 e. The van der Waals surface area contributed by atoms with E-state index in [0.29, 0.717) is 45.6 Å². The van der Waals surface area contributed by atoms with Gasteiger partial charge in [-0.1, -0.05) is 40.0 Å². The van der Waals surface area contributed by atoms with Crippen LogP contribution in [0.5, 0.6) is 0 Å². The van der Waals surface area contributed by atoms with Gasteiger partial charge in [0.05, 0.1) is 6.10 Å². The molecule has 1 saturated carbocycles. The molecule has 1 rings (SSSR count). The number of hydrogen-bond donors (Lipinski definition) is 3. The first-order valence-electron chi connectivity index (χ1n) is 15.6. The van der Waals surface area contributed by atoms with Gasteiger partial charge in [0.2, 0.25) is 23.6 Å².